The van der Waals surface area contributed by atoms with Gasteiger partial charge in [0.15, 0.2) is 8.32 Å². The molecular formula is C8H19ClOSi. The first kappa shape index (κ1) is 11.5. The standard InChI is InChI=1S/C8H19ClOSi/c1-4-10-11(3,5-2)8-6-7-9/h4-8H2,1-3H3. The van der Waals surface area contributed by atoms with E-state index >= 15 is 0 Å². The molecule has 0 fully saturated rings. The molecule has 1 atom stereocenters. The predicted molar refractivity (Wildman–Crippen MR) is 53.9 cm³/mol. The van der Waals surface area contributed by atoms with Crippen LogP contribution >= 0.6 is 11.6 Å². The Bertz CT molecular complexity index is 100. The van der Waals surface area contributed by atoms with Gasteiger partial charge in [-0.05, 0) is 32.0 Å². The summed E-state index contributed by atoms with van der Waals surface area (Å²) in [5.74, 6) is 0.773. The third-order valence-electron chi connectivity index (χ3n) is 2.08. The van der Waals surface area contributed by atoms with Crippen LogP contribution in [0.3, 0.4) is 0 Å². The van der Waals surface area contributed by atoms with Crippen molar-refractivity contribution in [2.24, 2.45) is 0 Å². The summed E-state index contributed by atoms with van der Waals surface area (Å²) in [6, 6.07) is 2.42. The van der Waals surface area contributed by atoms with Crippen molar-refractivity contribution in [3.8, 4) is 0 Å². The second-order valence-electron chi connectivity index (χ2n) is 3.03. The molecule has 0 bridgehead atoms. The molecule has 1 unspecified atom stereocenters. The van der Waals surface area contributed by atoms with Gasteiger partial charge in [-0.2, -0.15) is 0 Å². The average Bonchev–Trinajstić information content (AvgIpc) is 2.02. The van der Waals surface area contributed by atoms with E-state index < -0.39 is 8.32 Å². The number of halogens is 1. The van der Waals surface area contributed by atoms with E-state index in [0.29, 0.717) is 0 Å². The van der Waals surface area contributed by atoms with Gasteiger partial charge in [0.2, 0.25) is 0 Å². The number of alkyl halides is 1. The molecule has 1 nitrogen and oxygen atoms in total. The van der Waals surface area contributed by atoms with E-state index in [0.717, 1.165) is 18.9 Å². The first-order valence-electron chi connectivity index (χ1n) is 4.38. The van der Waals surface area contributed by atoms with Gasteiger partial charge in [0.1, 0.15) is 0 Å². The van der Waals surface area contributed by atoms with Crippen molar-refractivity contribution in [3.63, 3.8) is 0 Å². The molecule has 0 saturated carbocycles. The predicted octanol–water partition coefficient (Wildman–Crippen LogP) is 3.25. The highest BCUT2D eigenvalue weighted by Crippen LogP contribution is 2.18. The topological polar surface area (TPSA) is 9.23 Å². The molecule has 0 saturated heterocycles. The Morgan fingerprint density at radius 1 is 1.36 bits per heavy atom. The van der Waals surface area contributed by atoms with Gasteiger partial charge in [0.05, 0.1) is 0 Å². The van der Waals surface area contributed by atoms with Crippen molar-refractivity contribution in [2.45, 2.75) is 38.9 Å². The molecule has 0 aliphatic heterocycles. The van der Waals surface area contributed by atoms with Gasteiger partial charge < -0.3 is 4.43 Å². The van der Waals surface area contributed by atoms with Crippen molar-refractivity contribution < 1.29 is 4.43 Å². The lowest BCUT2D eigenvalue weighted by Gasteiger charge is -2.24. The third kappa shape index (κ3) is 4.83. The fraction of sp³-hybridized carbons (Fsp3) is 1.00. The average molecular weight is 195 g/mol. The van der Waals surface area contributed by atoms with Gasteiger partial charge >= 0.3 is 0 Å². The summed E-state index contributed by atoms with van der Waals surface area (Å²) in [6.45, 7) is 7.44. The molecule has 0 aromatic carbocycles. The van der Waals surface area contributed by atoms with Crippen LogP contribution in [0, 0.1) is 0 Å². The molecule has 0 spiro atoms. The maximum absolute atomic E-state index is 5.76. The van der Waals surface area contributed by atoms with Crippen LogP contribution in [0.1, 0.15) is 20.3 Å². The van der Waals surface area contributed by atoms with E-state index in [1.807, 2.05) is 0 Å². The van der Waals surface area contributed by atoms with Crippen LogP contribution in [-0.4, -0.2) is 20.8 Å². The molecule has 0 aliphatic carbocycles. The first-order chi connectivity index (χ1) is 5.18. The minimum absolute atomic E-state index is 0.773. The Balaban J connectivity index is 3.68. The molecule has 3 heteroatoms. The maximum Gasteiger partial charge on any atom is 0.189 e. The number of rotatable bonds is 6. The molecule has 0 N–H and O–H groups in total. The molecular weight excluding hydrogens is 176 g/mol. The fourth-order valence-corrected chi connectivity index (χ4v) is 3.82. The molecule has 0 aliphatic rings. The van der Waals surface area contributed by atoms with Crippen LogP contribution in [0.25, 0.3) is 0 Å². The summed E-state index contributed by atoms with van der Waals surface area (Å²) in [7, 11) is -1.33. The van der Waals surface area contributed by atoms with E-state index in [4.69, 9.17) is 16.0 Å². The highest BCUT2D eigenvalue weighted by atomic mass is 35.5. The van der Waals surface area contributed by atoms with Gasteiger partial charge in [-0.1, -0.05) is 6.92 Å². The maximum atomic E-state index is 5.76. The minimum Gasteiger partial charge on any atom is -0.417 e. The molecule has 0 radical (unpaired) electrons. The molecule has 0 rings (SSSR count). The smallest absolute Gasteiger partial charge is 0.189 e. The van der Waals surface area contributed by atoms with Gasteiger partial charge in [-0.25, -0.2) is 0 Å². The Kier molecular flexibility index (Phi) is 6.29. The summed E-state index contributed by atoms with van der Waals surface area (Å²) in [6.07, 6.45) is 1.11. The summed E-state index contributed by atoms with van der Waals surface area (Å²) in [5.41, 5.74) is 0. The lowest BCUT2D eigenvalue weighted by molar-refractivity contribution is 0.324. The number of hydrogen-bond donors (Lipinski definition) is 0. The van der Waals surface area contributed by atoms with E-state index in [9.17, 15) is 0 Å². The van der Waals surface area contributed by atoms with Crippen molar-refractivity contribution in [1.82, 2.24) is 0 Å². The van der Waals surface area contributed by atoms with Crippen molar-refractivity contribution >= 4 is 19.9 Å². The van der Waals surface area contributed by atoms with Crippen molar-refractivity contribution in [1.29, 1.82) is 0 Å². The second-order valence-corrected chi connectivity index (χ2v) is 7.80. The van der Waals surface area contributed by atoms with E-state index in [-0.39, 0.29) is 0 Å². The lowest BCUT2D eigenvalue weighted by Crippen LogP contribution is -2.33. The van der Waals surface area contributed by atoms with Crippen LogP contribution in [-0.2, 0) is 4.43 Å². The SMILES string of the molecule is CCO[Si](C)(CC)CCCCl. The minimum atomic E-state index is -1.33. The van der Waals surface area contributed by atoms with E-state index in [1.165, 1.54) is 12.1 Å². The van der Waals surface area contributed by atoms with Gasteiger partial charge in [0, 0.05) is 12.5 Å². The highest BCUT2D eigenvalue weighted by Gasteiger charge is 2.24. The van der Waals surface area contributed by atoms with Crippen molar-refractivity contribution in [2.75, 3.05) is 12.5 Å². The van der Waals surface area contributed by atoms with E-state index in [1.54, 1.807) is 0 Å². The highest BCUT2D eigenvalue weighted by molar-refractivity contribution is 6.72. The van der Waals surface area contributed by atoms with Crippen LogP contribution in [0.5, 0.6) is 0 Å². The molecule has 11 heavy (non-hydrogen) atoms. The quantitative estimate of drug-likeness (QED) is 0.466. The van der Waals surface area contributed by atoms with Crippen LogP contribution in [0.2, 0.25) is 18.6 Å². The summed E-state index contributed by atoms with van der Waals surface area (Å²) in [5, 5.41) is 0. The summed E-state index contributed by atoms with van der Waals surface area (Å²) < 4.78 is 5.76. The fourth-order valence-electron chi connectivity index (χ4n) is 1.14. The molecule has 0 heterocycles. The van der Waals surface area contributed by atoms with Crippen molar-refractivity contribution in [3.05, 3.63) is 0 Å². The summed E-state index contributed by atoms with van der Waals surface area (Å²) in [4.78, 5) is 0. The Hall–Kier alpha value is 0.467. The largest absolute Gasteiger partial charge is 0.417 e. The zero-order chi connectivity index (χ0) is 8.74. The zero-order valence-electron chi connectivity index (χ0n) is 7.82. The molecule has 0 amide bonds. The first-order valence-corrected chi connectivity index (χ1v) is 7.74. The number of hydrogen-bond acceptors (Lipinski definition) is 1. The van der Waals surface area contributed by atoms with Gasteiger partial charge in [-0.15, -0.1) is 11.6 Å². The van der Waals surface area contributed by atoms with E-state index in [2.05, 4.69) is 20.4 Å². The van der Waals surface area contributed by atoms with Crippen LogP contribution < -0.4 is 0 Å². The molecule has 0 aromatic rings. The Morgan fingerprint density at radius 3 is 2.36 bits per heavy atom. The van der Waals surface area contributed by atoms with Gasteiger partial charge in [-0.3, -0.25) is 0 Å². The lowest BCUT2D eigenvalue weighted by atomic mass is 10.6. The Morgan fingerprint density at radius 2 is 2.00 bits per heavy atom. The molecule has 68 valence electrons. The Labute approximate surface area is 76.2 Å². The third-order valence-corrected chi connectivity index (χ3v) is 6.24. The van der Waals surface area contributed by atoms with Crippen LogP contribution in [0.15, 0.2) is 0 Å². The normalized spacial score (nSPS) is 16.4. The monoisotopic (exact) mass is 194 g/mol. The zero-order valence-corrected chi connectivity index (χ0v) is 9.58. The summed E-state index contributed by atoms with van der Waals surface area (Å²) >= 11 is 5.63. The molecule has 0 aromatic heterocycles. The van der Waals surface area contributed by atoms with Gasteiger partial charge in [0.25, 0.3) is 0 Å². The second kappa shape index (κ2) is 6.04. The van der Waals surface area contributed by atoms with Crippen LogP contribution in [0.4, 0.5) is 0 Å².